The van der Waals surface area contributed by atoms with Crippen molar-refractivity contribution < 1.29 is 18.4 Å². The van der Waals surface area contributed by atoms with Crippen LogP contribution in [0.2, 0.25) is 0 Å². The number of benzene rings is 1. The fourth-order valence-corrected chi connectivity index (χ4v) is 4.50. The van der Waals surface area contributed by atoms with Gasteiger partial charge in [0.2, 0.25) is 5.91 Å². The lowest BCUT2D eigenvalue weighted by Crippen LogP contribution is -2.49. The largest absolute Gasteiger partial charge is 0.353 e. The molecular weight excluding hydrogens is 446 g/mol. The van der Waals surface area contributed by atoms with Crippen molar-refractivity contribution in [3.8, 4) is 0 Å². The molecule has 0 bridgehead atoms. The van der Waals surface area contributed by atoms with Crippen LogP contribution in [0.3, 0.4) is 0 Å². The van der Waals surface area contributed by atoms with Gasteiger partial charge in [-0.1, -0.05) is 26.8 Å². The van der Waals surface area contributed by atoms with Gasteiger partial charge in [-0.05, 0) is 61.1 Å². The molecule has 0 saturated heterocycles. The fraction of sp³-hybridized carbons (Fsp3) is 0.542. The van der Waals surface area contributed by atoms with E-state index in [1.807, 2.05) is 32.3 Å². The first-order chi connectivity index (χ1) is 15.6. The third-order valence-electron chi connectivity index (χ3n) is 5.52. The topological polar surface area (TPSA) is 82.6 Å². The number of allylic oxidation sites excluding steroid dienone is 1. The summed E-state index contributed by atoms with van der Waals surface area (Å²) in [5.74, 6) is -2.22. The van der Waals surface area contributed by atoms with Crippen molar-refractivity contribution in [1.82, 2.24) is 16.0 Å². The normalized spacial score (nSPS) is 23.3. The van der Waals surface area contributed by atoms with Crippen LogP contribution in [0.15, 0.2) is 34.7 Å². The molecule has 6 nitrogen and oxygen atoms in total. The highest BCUT2D eigenvalue weighted by atomic mass is 32.2. The Labute approximate surface area is 198 Å². The Morgan fingerprint density at radius 3 is 2.30 bits per heavy atom. The van der Waals surface area contributed by atoms with Gasteiger partial charge in [0.05, 0.1) is 5.25 Å². The predicted molar refractivity (Wildman–Crippen MR) is 128 cm³/mol. The number of amides is 2. The highest BCUT2D eigenvalue weighted by Crippen LogP contribution is 2.25. The van der Waals surface area contributed by atoms with Gasteiger partial charge in [0, 0.05) is 24.2 Å². The van der Waals surface area contributed by atoms with Crippen LogP contribution in [0.25, 0.3) is 0 Å². The molecule has 33 heavy (non-hydrogen) atoms. The number of halogens is 2. The van der Waals surface area contributed by atoms with Crippen LogP contribution in [0, 0.1) is 17.0 Å². The Bertz CT molecular complexity index is 914. The molecule has 180 valence electrons. The maximum atomic E-state index is 13.5. The molecule has 1 aliphatic heterocycles. The van der Waals surface area contributed by atoms with Crippen LogP contribution in [0.1, 0.15) is 63.2 Å². The standard InChI is InChI=1S/C24H32F2N4O2S/c1-24(2,3)14-27-23(30-21(31)15-6-11-18(25)19(26)13-15)29-17-9-7-16(8-10-17)28-22(32)20-5-4-12-33-20/h4,6,11-13,16-17,20H,5,7-10,14H2,1-3H3,(H,28,32)(H2,27,29,30,31). The van der Waals surface area contributed by atoms with Crippen LogP contribution >= 0.6 is 11.8 Å². The molecule has 0 aromatic heterocycles. The number of aliphatic imine (C=N–C) groups is 1. The molecule has 1 fully saturated rings. The molecule has 1 saturated carbocycles. The molecule has 0 radical (unpaired) electrons. The minimum atomic E-state index is -1.07. The van der Waals surface area contributed by atoms with Gasteiger partial charge in [-0.3, -0.25) is 19.9 Å². The van der Waals surface area contributed by atoms with E-state index in [-0.39, 0.29) is 34.2 Å². The number of nitrogens with one attached hydrogen (secondary N) is 3. The van der Waals surface area contributed by atoms with E-state index in [0.717, 1.165) is 44.2 Å². The molecule has 3 rings (SSSR count). The summed E-state index contributed by atoms with van der Waals surface area (Å²) in [5.41, 5.74) is -0.0702. The zero-order chi connectivity index (χ0) is 24.0. The highest BCUT2D eigenvalue weighted by molar-refractivity contribution is 8.03. The first kappa shape index (κ1) is 25.2. The van der Waals surface area contributed by atoms with E-state index in [9.17, 15) is 18.4 Å². The van der Waals surface area contributed by atoms with E-state index < -0.39 is 17.5 Å². The van der Waals surface area contributed by atoms with E-state index in [4.69, 9.17) is 0 Å². The molecule has 1 aromatic carbocycles. The molecule has 1 unspecified atom stereocenters. The van der Waals surface area contributed by atoms with Crippen molar-refractivity contribution in [3.05, 3.63) is 46.9 Å². The van der Waals surface area contributed by atoms with Gasteiger partial charge in [-0.2, -0.15) is 0 Å². The average Bonchev–Trinajstić information content (AvgIpc) is 3.30. The minimum Gasteiger partial charge on any atom is -0.353 e. The second-order valence-corrected chi connectivity index (χ2v) is 10.9. The van der Waals surface area contributed by atoms with Crippen molar-refractivity contribution in [1.29, 1.82) is 0 Å². The van der Waals surface area contributed by atoms with Gasteiger partial charge in [-0.25, -0.2) is 8.78 Å². The number of hydrogen-bond donors (Lipinski definition) is 3. The SMILES string of the molecule is CC(C)(C)CN=C(NC(=O)c1ccc(F)c(F)c1)NC1CCC(NC(=O)C2CC=CS2)CC1. The molecular formula is C24H32F2N4O2S. The third-order valence-corrected chi connectivity index (χ3v) is 6.61. The highest BCUT2D eigenvalue weighted by Gasteiger charge is 2.27. The zero-order valence-electron chi connectivity index (χ0n) is 19.3. The van der Waals surface area contributed by atoms with Crippen LogP contribution < -0.4 is 16.0 Å². The number of guanidine groups is 1. The van der Waals surface area contributed by atoms with Crippen molar-refractivity contribution in [2.75, 3.05) is 6.54 Å². The molecule has 1 heterocycles. The van der Waals surface area contributed by atoms with E-state index in [1.165, 1.54) is 6.07 Å². The zero-order valence-corrected chi connectivity index (χ0v) is 20.1. The van der Waals surface area contributed by atoms with Gasteiger partial charge in [0.15, 0.2) is 17.6 Å². The number of hydrogen-bond acceptors (Lipinski definition) is 4. The minimum absolute atomic E-state index is 0.0184. The Hall–Kier alpha value is -2.42. The van der Waals surface area contributed by atoms with E-state index in [1.54, 1.807) is 11.8 Å². The summed E-state index contributed by atoms with van der Waals surface area (Å²) >= 11 is 1.56. The number of thioether (sulfide) groups is 1. The Morgan fingerprint density at radius 1 is 1.06 bits per heavy atom. The second-order valence-electron chi connectivity index (χ2n) is 9.74. The maximum Gasteiger partial charge on any atom is 0.258 e. The van der Waals surface area contributed by atoms with Crippen molar-refractivity contribution in [2.45, 2.75) is 70.2 Å². The molecule has 2 amide bonds. The van der Waals surface area contributed by atoms with Crippen LogP contribution in [0.4, 0.5) is 8.78 Å². The predicted octanol–water partition coefficient (Wildman–Crippen LogP) is 4.13. The summed E-state index contributed by atoms with van der Waals surface area (Å²) in [7, 11) is 0. The van der Waals surface area contributed by atoms with E-state index in [2.05, 4.69) is 20.9 Å². The lowest BCUT2D eigenvalue weighted by Gasteiger charge is -2.31. The lowest BCUT2D eigenvalue weighted by molar-refractivity contribution is -0.121. The molecule has 1 aliphatic carbocycles. The molecule has 1 atom stereocenters. The van der Waals surface area contributed by atoms with Gasteiger partial charge in [-0.15, -0.1) is 11.8 Å². The smallest absolute Gasteiger partial charge is 0.258 e. The summed E-state index contributed by atoms with van der Waals surface area (Å²) < 4.78 is 26.8. The number of nitrogens with zero attached hydrogens (tertiary/aromatic N) is 1. The van der Waals surface area contributed by atoms with Gasteiger partial charge < -0.3 is 10.6 Å². The van der Waals surface area contributed by atoms with Crippen LogP contribution in [-0.2, 0) is 4.79 Å². The molecule has 3 N–H and O–H groups in total. The van der Waals surface area contributed by atoms with Gasteiger partial charge >= 0.3 is 0 Å². The van der Waals surface area contributed by atoms with Crippen molar-refractivity contribution in [2.24, 2.45) is 10.4 Å². The molecule has 1 aromatic rings. The van der Waals surface area contributed by atoms with Crippen molar-refractivity contribution in [3.63, 3.8) is 0 Å². The summed E-state index contributed by atoms with van der Waals surface area (Å²) in [6.45, 7) is 6.60. The van der Waals surface area contributed by atoms with Crippen molar-refractivity contribution >= 4 is 29.5 Å². The maximum absolute atomic E-state index is 13.5. The number of rotatable bonds is 5. The van der Waals surface area contributed by atoms with Crippen LogP contribution in [0.5, 0.6) is 0 Å². The quantitative estimate of drug-likeness (QED) is 0.439. The second kappa shape index (κ2) is 11.1. The van der Waals surface area contributed by atoms with Gasteiger partial charge in [0.25, 0.3) is 5.91 Å². The Morgan fingerprint density at radius 2 is 1.73 bits per heavy atom. The molecule has 9 heteroatoms. The summed E-state index contributed by atoms with van der Waals surface area (Å²) in [6.07, 6.45) is 6.09. The Balaban J connectivity index is 1.57. The van der Waals surface area contributed by atoms with E-state index >= 15 is 0 Å². The summed E-state index contributed by atoms with van der Waals surface area (Å²) in [5, 5.41) is 11.1. The first-order valence-corrected chi connectivity index (χ1v) is 12.2. The number of carbonyl (C=O) groups excluding carboxylic acids is 2. The number of carbonyl (C=O) groups is 2. The molecule has 0 spiro atoms. The van der Waals surface area contributed by atoms with E-state index in [0.29, 0.717) is 12.5 Å². The Kier molecular flexibility index (Phi) is 8.51. The first-order valence-electron chi connectivity index (χ1n) is 11.3. The monoisotopic (exact) mass is 478 g/mol. The summed E-state index contributed by atoms with van der Waals surface area (Å²) in [6, 6.07) is 3.27. The third kappa shape index (κ3) is 7.84. The average molecular weight is 479 g/mol. The van der Waals surface area contributed by atoms with Crippen LogP contribution in [-0.4, -0.2) is 41.7 Å². The molecule has 2 aliphatic rings. The lowest BCUT2D eigenvalue weighted by atomic mass is 9.91. The van der Waals surface area contributed by atoms with Gasteiger partial charge in [0.1, 0.15) is 0 Å². The summed E-state index contributed by atoms with van der Waals surface area (Å²) in [4.78, 5) is 29.5. The fourth-order valence-electron chi connectivity index (χ4n) is 3.68.